The standard InChI is InChI=1S/C26H24ClN5O3/c27-22-13-20(32-11-1-2-12-32)5-8-23(22)35-21-6-3-18(4-7-21)14-30-25(34)26(9-10-26)31-24(33)19-15-28-17-29-16-19/h1-8,11-13,15-17,25,30,34H,9-10,14H2,(H,31,33). The first-order valence-electron chi connectivity index (χ1n) is 11.2. The van der Waals surface area contributed by atoms with E-state index >= 15 is 0 Å². The van der Waals surface area contributed by atoms with Crippen LogP contribution in [0.1, 0.15) is 28.8 Å². The van der Waals surface area contributed by atoms with E-state index in [0.717, 1.165) is 11.3 Å². The molecule has 1 amide bonds. The van der Waals surface area contributed by atoms with Crippen LogP contribution in [0.15, 0.2) is 85.7 Å². The minimum atomic E-state index is -0.885. The first-order valence-corrected chi connectivity index (χ1v) is 11.6. The van der Waals surface area contributed by atoms with Crippen molar-refractivity contribution in [2.75, 3.05) is 0 Å². The van der Waals surface area contributed by atoms with Crippen LogP contribution in [0.2, 0.25) is 5.02 Å². The van der Waals surface area contributed by atoms with Crippen molar-refractivity contribution in [2.24, 2.45) is 0 Å². The highest BCUT2D eigenvalue weighted by Gasteiger charge is 2.50. The SMILES string of the molecule is O=C(NC1(C(O)NCc2ccc(Oc3ccc(-n4cccc4)cc3Cl)cc2)CC1)c1cncnc1. The van der Waals surface area contributed by atoms with Gasteiger partial charge >= 0.3 is 0 Å². The van der Waals surface area contributed by atoms with Gasteiger partial charge < -0.3 is 19.7 Å². The third-order valence-electron chi connectivity index (χ3n) is 5.97. The topological polar surface area (TPSA) is 101 Å². The van der Waals surface area contributed by atoms with E-state index in [9.17, 15) is 9.90 Å². The van der Waals surface area contributed by atoms with Crippen LogP contribution in [0.5, 0.6) is 11.5 Å². The van der Waals surface area contributed by atoms with Crippen LogP contribution in [0, 0.1) is 0 Å². The number of aliphatic hydroxyl groups excluding tert-OH is 1. The second-order valence-electron chi connectivity index (χ2n) is 8.47. The maximum Gasteiger partial charge on any atom is 0.254 e. The Hall–Kier alpha value is -3.72. The molecular formula is C26H24ClN5O3. The Labute approximate surface area is 207 Å². The highest BCUT2D eigenvalue weighted by molar-refractivity contribution is 6.32. The smallest absolute Gasteiger partial charge is 0.254 e. The quantitative estimate of drug-likeness (QED) is 0.306. The van der Waals surface area contributed by atoms with E-state index in [2.05, 4.69) is 20.6 Å². The number of carbonyl (C=O) groups is 1. The predicted molar refractivity (Wildman–Crippen MR) is 132 cm³/mol. The van der Waals surface area contributed by atoms with E-state index in [-0.39, 0.29) is 5.91 Å². The number of nitrogens with zero attached hydrogens (tertiary/aromatic N) is 3. The average Bonchev–Trinajstić information content (AvgIpc) is 3.45. The molecule has 178 valence electrons. The average molecular weight is 490 g/mol. The highest BCUT2D eigenvalue weighted by atomic mass is 35.5. The maximum atomic E-state index is 12.4. The zero-order valence-corrected chi connectivity index (χ0v) is 19.5. The zero-order valence-electron chi connectivity index (χ0n) is 18.8. The van der Waals surface area contributed by atoms with Crippen LogP contribution in [0.25, 0.3) is 5.69 Å². The molecule has 0 spiro atoms. The Morgan fingerprint density at radius 1 is 1.11 bits per heavy atom. The van der Waals surface area contributed by atoms with Crippen molar-refractivity contribution in [3.05, 3.63) is 102 Å². The Bertz CT molecular complexity index is 1290. The number of ether oxygens (including phenoxy) is 1. The molecule has 2 heterocycles. The van der Waals surface area contributed by atoms with Crippen LogP contribution in [0.3, 0.4) is 0 Å². The van der Waals surface area contributed by atoms with Crippen molar-refractivity contribution in [3.63, 3.8) is 0 Å². The largest absolute Gasteiger partial charge is 0.456 e. The van der Waals surface area contributed by atoms with Crippen molar-refractivity contribution in [1.29, 1.82) is 0 Å². The fourth-order valence-electron chi connectivity index (χ4n) is 3.77. The number of rotatable bonds is 9. The minimum absolute atomic E-state index is 0.300. The number of aliphatic hydroxyl groups is 1. The molecule has 0 saturated heterocycles. The Morgan fingerprint density at radius 3 is 2.49 bits per heavy atom. The van der Waals surface area contributed by atoms with Gasteiger partial charge in [-0.15, -0.1) is 0 Å². The van der Waals surface area contributed by atoms with Crippen molar-refractivity contribution in [1.82, 2.24) is 25.2 Å². The summed E-state index contributed by atoms with van der Waals surface area (Å²) in [7, 11) is 0. The molecular weight excluding hydrogens is 466 g/mol. The summed E-state index contributed by atoms with van der Waals surface area (Å²) in [5.41, 5.74) is 1.60. The lowest BCUT2D eigenvalue weighted by Crippen LogP contribution is -2.52. The summed E-state index contributed by atoms with van der Waals surface area (Å²) >= 11 is 6.42. The van der Waals surface area contributed by atoms with Gasteiger partial charge in [-0.1, -0.05) is 23.7 Å². The van der Waals surface area contributed by atoms with E-state index in [1.165, 1.54) is 18.7 Å². The molecule has 5 rings (SSSR count). The molecule has 1 atom stereocenters. The summed E-state index contributed by atoms with van der Waals surface area (Å²) in [5.74, 6) is 0.922. The van der Waals surface area contributed by atoms with Gasteiger partial charge in [0, 0.05) is 37.0 Å². The lowest BCUT2D eigenvalue weighted by molar-refractivity contribution is 0.0660. The molecule has 1 fully saturated rings. The monoisotopic (exact) mass is 489 g/mol. The summed E-state index contributed by atoms with van der Waals surface area (Å²) < 4.78 is 7.91. The van der Waals surface area contributed by atoms with Gasteiger partial charge in [0.2, 0.25) is 0 Å². The fraction of sp³-hybridized carbons (Fsp3) is 0.192. The van der Waals surface area contributed by atoms with Crippen LogP contribution < -0.4 is 15.4 Å². The van der Waals surface area contributed by atoms with Crippen LogP contribution >= 0.6 is 11.6 Å². The van der Waals surface area contributed by atoms with Crippen LogP contribution in [-0.4, -0.2) is 37.3 Å². The number of halogens is 1. The predicted octanol–water partition coefficient (Wildman–Crippen LogP) is 4.08. The molecule has 1 aliphatic rings. The lowest BCUT2D eigenvalue weighted by Gasteiger charge is -2.24. The van der Waals surface area contributed by atoms with E-state index in [0.29, 0.717) is 41.5 Å². The third kappa shape index (κ3) is 5.35. The van der Waals surface area contributed by atoms with Gasteiger partial charge in [-0.3, -0.25) is 10.1 Å². The first kappa shape index (κ1) is 23.0. The molecule has 1 unspecified atom stereocenters. The van der Waals surface area contributed by atoms with Gasteiger partial charge in [-0.2, -0.15) is 0 Å². The molecule has 1 aliphatic carbocycles. The Balaban J connectivity index is 1.15. The van der Waals surface area contributed by atoms with E-state index in [1.807, 2.05) is 71.6 Å². The van der Waals surface area contributed by atoms with Gasteiger partial charge in [-0.05, 0) is 60.9 Å². The van der Waals surface area contributed by atoms with Gasteiger partial charge in [0.25, 0.3) is 5.91 Å². The molecule has 8 nitrogen and oxygen atoms in total. The summed E-state index contributed by atoms with van der Waals surface area (Å²) in [6.45, 7) is 0.430. The number of aromatic nitrogens is 3. The molecule has 4 aromatic rings. The van der Waals surface area contributed by atoms with Crippen molar-refractivity contribution in [3.8, 4) is 17.2 Å². The molecule has 2 aromatic heterocycles. The van der Waals surface area contributed by atoms with E-state index in [4.69, 9.17) is 16.3 Å². The van der Waals surface area contributed by atoms with Gasteiger partial charge in [0.05, 0.1) is 16.1 Å². The maximum absolute atomic E-state index is 12.4. The molecule has 0 bridgehead atoms. The molecule has 0 aliphatic heterocycles. The van der Waals surface area contributed by atoms with E-state index in [1.54, 1.807) is 0 Å². The van der Waals surface area contributed by atoms with Crippen LogP contribution in [-0.2, 0) is 6.54 Å². The molecule has 35 heavy (non-hydrogen) atoms. The number of carbonyl (C=O) groups excluding carboxylic acids is 1. The molecule has 9 heteroatoms. The highest BCUT2D eigenvalue weighted by Crippen LogP contribution is 2.38. The Morgan fingerprint density at radius 2 is 1.83 bits per heavy atom. The summed E-state index contributed by atoms with van der Waals surface area (Å²) in [6, 6.07) is 17.1. The van der Waals surface area contributed by atoms with Gasteiger partial charge in [0.15, 0.2) is 0 Å². The minimum Gasteiger partial charge on any atom is -0.456 e. The van der Waals surface area contributed by atoms with E-state index < -0.39 is 11.8 Å². The first-order chi connectivity index (χ1) is 17.0. The van der Waals surface area contributed by atoms with Gasteiger partial charge in [0.1, 0.15) is 24.1 Å². The zero-order chi connectivity index (χ0) is 24.3. The summed E-state index contributed by atoms with van der Waals surface area (Å²) in [6.07, 6.45) is 8.67. The summed E-state index contributed by atoms with van der Waals surface area (Å²) in [4.78, 5) is 20.1. The molecule has 0 radical (unpaired) electrons. The number of nitrogens with one attached hydrogen (secondary N) is 2. The molecule has 1 saturated carbocycles. The third-order valence-corrected chi connectivity index (χ3v) is 6.26. The fourth-order valence-corrected chi connectivity index (χ4v) is 3.98. The van der Waals surface area contributed by atoms with Crippen molar-refractivity contribution >= 4 is 17.5 Å². The van der Waals surface area contributed by atoms with Gasteiger partial charge in [-0.25, -0.2) is 9.97 Å². The van der Waals surface area contributed by atoms with Crippen molar-refractivity contribution < 1.29 is 14.6 Å². The number of hydrogen-bond donors (Lipinski definition) is 3. The van der Waals surface area contributed by atoms with Crippen molar-refractivity contribution in [2.45, 2.75) is 31.2 Å². The number of hydrogen-bond acceptors (Lipinski definition) is 6. The molecule has 3 N–H and O–H groups in total. The summed E-state index contributed by atoms with van der Waals surface area (Å²) in [5, 5.41) is 17.2. The lowest BCUT2D eigenvalue weighted by atomic mass is 10.1. The number of benzene rings is 2. The Kier molecular flexibility index (Phi) is 6.50. The second kappa shape index (κ2) is 9.87. The van der Waals surface area contributed by atoms with Crippen LogP contribution in [0.4, 0.5) is 0 Å². The molecule has 2 aromatic carbocycles. The normalized spacial score (nSPS) is 14.8. The second-order valence-corrected chi connectivity index (χ2v) is 8.88. The number of amides is 1.